The molecule has 0 radical (unpaired) electrons. The molecule has 0 saturated carbocycles. The zero-order valence-corrected chi connectivity index (χ0v) is 17.5. The molecule has 1 fully saturated rings. The molecule has 0 atom stereocenters. The molecule has 0 bridgehead atoms. The molecule has 156 valence electrons. The van der Waals surface area contributed by atoms with E-state index in [0.717, 1.165) is 12.0 Å². The van der Waals surface area contributed by atoms with Crippen LogP contribution in [0.15, 0.2) is 47.4 Å². The Labute approximate surface area is 171 Å². The van der Waals surface area contributed by atoms with E-state index in [9.17, 15) is 13.2 Å². The summed E-state index contributed by atoms with van der Waals surface area (Å²) in [7, 11) is -3.63. The van der Waals surface area contributed by atoms with E-state index < -0.39 is 10.0 Å². The molecule has 7 nitrogen and oxygen atoms in total. The van der Waals surface area contributed by atoms with Crippen molar-refractivity contribution in [3.63, 3.8) is 0 Å². The van der Waals surface area contributed by atoms with Crippen molar-refractivity contribution in [1.29, 1.82) is 0 Å². The van der Waals surface area contributed by atoms with Crippen LogP contribution in [0.1, 0.15) is 18.1 Å². The van der Waals surface area contributed by atoms with Crippen LogP contribution in [0.4, 0.5) is 5.69 Å². The summed E-state index contributed by atoms with van der Waals surface area (Å²) in [6.07, 6.45) is 0.934. The van der Waals surface area contributed by atoms with Gasteiger partial charge in [-0.3, -0.25) is 4.79 Å². The fourth-order valence-electron chi connectivity index (χ4n) is 2.99. The summed E-state index contributed by atoms with van der Waals surface area (Å²) in [5.41, 5.74) is 2.41. The van der Waals surface area contributed by atoms with Gasteiger partial charge in [0.25, 0.3) is 5.91 Å². The number of nitrogens with one attached hydrogen (secondary N) is 1. The summed E-state index contributed by atoms with van der Waals surface area (Å²) in [4.78, 5) is 12.5. The van der Waals surface area contributed by atoms with Gasteiger partial charge >= 0.3 is 0 Å². The molecule has 1 aliphatic rings. The lowest BCUT2D eigenvalue weighted by Crippen LogP contribution is -2.40. The van der Waals surface area contributed by atoms with Crippen LogP contribution in [-0.4, -0.2) is 51.5 Å². The Balaban J connectivity index is 1.66. The number of amides is 1. The first-order valence-corrected chi connectivity index (χ1v) is 11.0. The van der Waals surface area contributed by atoms with Gasteiger partial charge in [-0.2, -0.15) is 4.31 Å². The minimum absolute atomic E-state index is 0.149. The molecule has 1 amide bonds. The lowest BCUT2D eigenvalue weighted by atomic mass is 10.2. The summed E-state index contributed by atoms with van der Waals surface area (Å²) >= 11 is 0. The van der Waals surface area contributed by atoms with E-state index in [1.807, 2.05) is 31.2 Å². The SMILES string of the molecule is CCc1ccc(OCC(=O)Nc2cc(S(=O)(=O)N3CCOCC3)ccc2C)cc1. The third-order valence-corrected chi connectivity index (χ3v) is 6.69. The van der Waals surface area contributed by atoms with Crippen LogP contribution in [0, 0.1) is 6.92 Å². The highest BCUT2D eigenvalue weighted by Gasteiger charge is 2.26. The van der Waals surface area contributed by atoms with Crippen LogP contribution < -0.4 is 10.1 Å². The fourth-order valence-corrected chi connectivity index (χ4v) is 4.42. The molecule has 0 unspecified atom stereocenters. The number of hydrogen-bond acceptors (Lipinski definition) is 5. The van der Waals surface area contributed by atoms with Crippen molar-refractivity contribution in [1.82, 2.24) is 4.31 Å². The highest BCUT2D eigenvalue weighted by molar-refractivity contribution is 7.89. The molecule has 1 aliphatic heterocycles. The number of carbonyl (C=O) groups is 1. The number of carbonyl (C=O) groups excluding carboxylic acids is 1. The molecule has 0 aliphatic carbocycles. The Bertz CT molecular complexity index is 952. The monoisotopic (exact) mass is 418 g/mol. The van der Waals surface area contributed by atoms with Crippen molar-refractivity contribution in [3.05, 3.63) is 53.6 Å². The quantitative estimate of drug-likeness (QED) is 0.747. The number of sulfonamides is 1. The predicted octanol–water partition coefficient (Wildman–Crippen LogP) is 2.60. The number of aryl methyl sites for hydroxylation is 2. The van der Waals surface area contributed by atoms with Crippen LogP contribution >= 0.6 is 0 Å². The number of rotatable bonds is 7. The highest BCUT2D eigenvalue weighted by Crippen LogP contribution is 2.23. The summed E-state index contributed by atoms with van der Waals surface area (Å²) in [5, 5.41) is 2.75. The van der Waals surface area contributed by atoms with Crippen molar-refractivity contribution in [2.75, 3.05) is 38.2 Å². The van der Waals surface area contributed by atoms with Crippen LogP contribution in [-0.2, 0) is 26.0 Å². The van der Waals surface area contributed by atoms with Gasteiger partial charge in [0.2, 0.25) is 10.0 Å². The number of hydrogen-bond donors (Lipinski definition) is 1. The maximum atomic E-state index is 12.8. The van der Waals surface area contributed by atoms with Gasteiger partial charge in [-0.05, 0) is 48.7 Å². The number of ether oxygens (including phenoxy) is 2. The van der Waals surface area contributed by atoms with Crippen molar-refractivity contribution in [3.8, 4) is 5.75 Å². The highest BCUT2D eigenvalue weighted by atomic mass is 32.2. The summed E-state index contributed by atoms with van der Waals surface area (Å²) < 4.78 is 37.8. The molecule has 1 N–H and O–H groups in total. The second kappa shape index (κ2) is 9.39. The van der Waals surface area contributed by atoms with E-state index in [1.54, 1.807) is 12.1 Å². The summed E-state index contributed by atoms with van der Waals surface area (Å²) in [5.74, 6) is 0.256. The Morgan fingerprint density at radius 1 is 1.14 bits per heavy atom. The van der Waals surface area contributed by atoms with Crippen LogP contribution in [0.3, 0.4) is 0 Å². The van der Waals surface area contributed by atoms with E-state index in [0.29, 0.717) is 37.7 Å². The van der Waals surface area contributed by atoms with Crippen molar-refractivity contribution >= 4 is 21.6 Å². The smallest absolute Gasteiger partial charge is 0.262 e. The lowest BCUT2D eigenvalue weighted by Gasteiger charge is -2.26. The largest absolute Gasteiger partial charge is 0.484 e. The van der Waals surface area contributed by atoms with Gasteiger partial charge in [-0.25, -0.2) is 8.42 Å². The molecule has 2 aromatic carbocycles. The maximum absolute atomic E-state index is 12.8. The van der Waals surface area contributed by atoms with Gasteiger partial charge in [0.1, 0.15) is 5.75 Å². The maximum Gasteiger partial charge on any atom is 0.262 e. The minimum Gasteiger partial charge on any atom is -0.484 e. The van der Waals surface area contributed by atoms with Crippen LogP contribution in [0.5, 0.6) is 5.75 Å². The number of benzene rings is 2. The van der Waals surface area contributed by atoms with E-state index in [-0.39, 0.29) is 17.4 Å². The predicted molar refractivity (Wildman–Crippen MR) is 111 cm³/mol. The number of nitrogens with zero attached hydrogens (tertiary/aromatic N) is 1. The van der Waals surface area contributed by atoms with Gasteiger partial charge in [0.05, 0.1) is 18.1 Å². The average molecular weight is 419 g/mol. The Morgan fingerprint density at radius 2 is 1.83 bits per heavy atom. The second-order valence-corrected chi connectivity index (χ2v) is 8.77. The zero-order valence-electron chi connectivity index (χ0n) is 16.7. The number of morpholine rings is 1. The molecule has 2 aromatic rings. The second-order valence-electron chi connectivity index (χ2n) is 6.83. The van der Waals surface area contributed by atoms with Crippen LogP contribution in [0.25, 0.3) is 0 Å². The van der Waals surface area contributed by atoms with Crippen molar-refractivity contribution < 1.29 is 22.7 Å². The first kappa shape index (κ1) is 21.3. The summed E-state index contributed by atoms with van der Waals surface area (Å²) in [6.45, 7) is 5.12. The van der Waals surface area contributed by atoms with Crippen molar-refractivity contribution in [2.24, 2.45) is 0 Å². The number of anilines is 1. The molecule has 29 heavy (non-hydrogen) atoms. The van der Waals surface area contributed by atoms with E-state index in [2.05, 4.69) is 12.2 Å². The lowest BCUT2D eigenvalue weighted by molar-refractivity contribution is -0.118. The molecule has 3 rings (SSSR count). The Morgan fingerprint density at radius 3 is 2.48 bits per heavy atom. The Hall–Kier alpha value is -2.42. The average Bonchev–Trinajstić information content (AvgIpc) is 2.74. The normalized spacial score (nSPS) is 15.1. The van der Waals surface area contributed by atoms with E-state index >= 15 is 0 Å². The molecular weight excluding hydrogens is 392 g/mol. The van der Waals surface area contributed by atoms with E-state index in [1.165, 1.54) is 15.9 Å². The van der Waals surface area contributed by atoms with Gasteiger partial charge in [0, 0.05) is 18.8 Å². The minimum atomic E-state index is -3.63. The van der Waals surface area contributed by atoms with Gasteiger partial charge < -0.3 is 14.8 Å². The van der Waals surface area contributed by atoms with Gasteiger partial charge in [0.15, 0.2) is 6.61 Å². The zero-order chi connectivity index (χ0) is 20.9. The molecule has 1 heterocycles. The molecule has 1 saturated heterocycles. The molecular formula is C21H26N2O5S. The topological polar surface area (TPSA) is 84.9 Å². The first-order valence-electron chi connectivity index (χ1n) is 9.60. The first-order chi connectivity index (χ1) is 13.9. The fraction of sp³-hybridized carbons (Fsp3) is 0.381. The summed E-state index contributed by atoms with van der Waals surface area (Å²) in [6, 6.07) is 12.3. The molecule has 0 spiro atoms. The Kier molecular flexibility index (Phi) is 6.89. The van der Waals surface area contributed by atoms with E-state index in [4.69, 9.17) is 9.47 Å². The molecule has 8 heteroatoms. The molecule has 0 aromatic heterocycles. The van der Waals surface area contributed by atoms with Crippen molar-refractivity contribution in [2.45, 2.75) is 25.2 Å². The van der Waals surface area contributed by atoms with Gasteiger partial charge in [-0.1, -0.05) is 25.1 Å². The standard InChI is InChI=1S/C21H26N2O5S/c1-3-17-5-7-18(8-6-17)28-15-21(24)22-20-14-19(9-4-16(20)2)29(25,26)23-10-12-27-13-11-23/h4-9,14H,3,10-13,15H2,1-2H3,(H,22,24). The third-order valence-electron chi connectivity index (χ3n) is 4.79. The van der Waals surface area contributed by atoms with Crippen LogP contribution in [0.2, 0.25) is 0 Å². The van der Waals surface area contributed by atoms with Gasteiger partial charge in [-0.15, -0.1) is 0 Å². The third kappa shape index (κ3) is 5.35.